The second-order valence-electron chi connectivity index (χ2n) is 5.80. The molecule has 106 valence electrons. The van der Waals surface area contributed by atoms with Gasteiger partial charge in [0.25, 0.3) is 0 Å². The van der Waals surface area contributed by atoms with Crippen molar-refractivity contribution in [2.45, 2.75) is 44.2 Å². The fourth-order valence-electron chi connectivity index (χ4n) is 3.09. The van der Waals surface area contributed by atoms with Gasteiger partial charge in [-0.1, -0.05) is 6.92 Å². The van der Waals surface area contributed by atoms with Gasteiger partial charge in [0.2, 0.25) is 0 Å². The zero-order chi connectivity index (χ0) is 13.0. The van der Waals surface area contributed by atoms with Crippen LogP contribution in [0.3, 0.4) is 0 Å². The Hall–Kier alpha value is -0.160. The molecule has 2 N–H and O–H groups in total. The van der Waals surface area contributed by atoms with Gasteiger partial charge in [-0.15, -0.1) is 0 Å². The number of likely N-dealkylation sites (N-methyl/N-ethyl adjacent to an activating group) is 2. The zero-order valence-corrected chi connectivity index (χ0v) is 11.8. The van der Waals surface area contributed by atoms with Crippen LogP contribution in [0, 0.1) is 5.92 Å². The van der Waals surface area contributed by atoms with Gasteiger partial charge in [0.15, 0.2) is 0 Å². The van der Waals surface area contributed by atoms with Crippen molar-refractivity contribution in [1.82, 2.24) is 10.2 Å². The van der Waals surface area contributed by atoms with Crippen LogP contribution in [0.25, 0.3) is 0 Å². The third-order valence-electron chi connectivity index (χ3n) is 4.58. The second kappa shape index (κ2) is 6.33. The molecule has 1 saturated carbocycles. The number of nitrogens with one attached hydrogen (secondary N) is 1. The third-order valence-corrected chi connectivity index (χ3v) is 4.58. The highest BCUT2D eigenvalue weighted by Crippen LogP contribution is 2.39. The van der Waals surface area contributed by atoms with Crippen molar-refractivity contribution >= 4 is 0 Å². The Morgan fingerprint density at radius 2 is 2.17 bits per heavy atom. The van der Waals surface area contributed by atoms with Gasteiger partial charge in [0, 0.05) is 19.7 Å². The summed E-state index contributed by atoms with van der Waals surface area (Å²) in [6, 6.07) is 0. The summed E-state index contributed by atoms with van der Waals surface area (Å²) < 4.78 is 5.72. The molecule has 0 spiro atoms. The quantitative estimate of drug-likeness (QED) is 0.676. The fraction of sp³-hybridized carbons (Fsp3) is 1.00. The van der Waals surface area contributed by atoms with Crippen LogP contribution >= 0.6 is 0 Å². The monoisotopic (exact) mass is 256 g/mol. The molecule has 2 rings (SSSR count). The highest BCUT2D eigenvalue weighted by Gasteiger charge is 2.44. The van der Waals surface area contributed by atoms with E-state index >= 15 is 0 Å². The molecule has 2 aliphatic rings. The molecule has 1 heterocycles. The molecule has 2 fully saturated rings. The Bertz CT molecular complexity index is 246. The number of rotatable bonds is 8. The van der Waals surface area contributed by atoms with E-state index in [1.54, 1.807) is 0 Å². The summed E-state index contributed by atoms with van der Waals surface area (Å²) in [5, 5.41) is 13.2. The SMILES string of the molecule is CCN(CC1CCCO1)CC(CO)(NC)C1CC1. The van der Waals surface area contributed by atoms with Crippen LogP contribution in [-0.2, 0) is 4.74 Å². The highest BCUT2D eigenvalue weighted by atomic mass is 16.5. The molecule has 0 aromatic carbocycles. The Morgan fingerprint density at radius 1 is 1.39 bits per heavy atom. The van der Waals surface area contributed by atoms with Crippen molar-refractivity contribution in [3.05, 3.63) is 0 Å². The summed E-state index contributed by atoms with van der Waals surface area (Å²) in [5.41, 5.74) is -0.103. The van der Waals surface area contributed by atoms with E-state index in [0.717, 1.165) is 26.2 Å². The lowest BCUT2D eigenvalue weighted by molar-refractivity contribution is 0.0471. The minimum Gasteiger partial charge on any atom is -0.394 e. The first-order valence-corrected chi connectivity index (χ1v) is 7.38. The Morgan fingerprint density at radius 3 is 2.61 bits per heavy atom. The van der Waals surface area contributed by atoms with E-state index in [4.69, 9.17) is 4.74 Å². The summed E-state index contributed by atoms with van der Waals surface area (Å²) in [7, 11) is 1.98. The van der Waals surface area contributed by atoms with Gasteiger partial charge in [0.1, 0.15) is 0 Å². The average Bonchev–Trinajstić information content (AvgIpc) is 3.14. The first-order chi connectivity index (χ1) is 8.74. The first-order valence-electron chi connectivity index (χ1n) is 7.38. The molecule has 0 bridgehead atoms. The van der Waals surface area contributed by atoms with E-state index in [-0.39, 0.29) is 12.1 Å². The van der Waals surface area contributed by atoms with Crippen molar-refractivity contribution in [2.75, 3.05) is 39.9 Å². The summed E-state index contributed by atoms with van der Waals surface area (Å²) in [4.78, 5) is 2.43. The minimum atomic E-state index is -0.103. The summed E-state index contributed by atoms with van der Waals surface area (Å²) in [6.07, 6.45) is 5.28. The Balaban J connectivity index is 1.90. The molecule has 1 saturated heterocycles. The summed E-state index contributed by atoms with van der Waals surface area (Å²) in [5.74, 6) is 0.644. The molecule has 4 heteroatoms. The maximum absolute atomic E-state index is 9.77. The molecule has 0 aromatic rings. The van der Waals surface area contributed by atoms with Gasteiger partial charge in [-0.05, 0) is 45.2 Å². The number of ether oxygens (including phenoxy) is 1. The van der Waals surface area contributed by atoms with Gasteiger partial charge in [-0.3, -0.25) is 4.90 Å². The van der Waals surface area contributed by atoms with Crippen LogP contribution in [0.5, 0.6) is 0 Å². The normalized spacial score (nSPS) is 27.7. The predicted octanol–water partition coefficient (Wildman–Crippen LogP) is 0.848. The molecular weight excluding hydrogens is 228 g/mol. The van der Waals surface area contributed by atoms with E-state index in [1.807, 2.05) is 7.05 Å². The second-order valence-corrected chi connectivity index (χ2v) is 5.80. The Kier molecular flexibility index (Phi) is 5.01. The zero-order valence-electron chi connectivity index (χ0n) is 11.8. The van der Waals surface area contributed by atoms with Crippen LogP contribution in [0.4, 0.5) is 0 Å². The van der Waals surface area contributed by atoms with Crippen LogP contribution in [0.1, 0.15) is 32.6 Å². The van der Waals surface area contributed by atoms with Crippen LogP contribution in [0.2, 0.25) is 0 Å². The van der Waals surface area contributed by atoms with Crippen molar-refractivity contribution in [3.8, 4) is 0 Å². The number of nitrogens with zero attached hydrogens (tertiary/aromatic N) is 1. The maximum atomic E-state index is 9.77. The molecular formula is C14H28N2O2. The van der Waals surface area contributed by atoms with Crippen LogP contribution < -0.4 is 5.32 Å². The molecule has 18 heavy (non-hydrogen) atoms. The molecule has 1 aliphatic carbocycles. The van der Waals surface area contributed by atoms with E-state index in [9.17, 15) is 5.11 Å². The maximum Gasteiger partial charge on any atom is 0.0702 e. The number of hydrogen-bond acceptors (Lipinski definition) is 4. The molecule has 0 amide bonds. The lowest BCUT2D eigenvalue weighted by atomic mass is 9.93. The third kappa shape index (κ3) is 3.23. The van der Waals surface area contributed by atoms with Crippen molar-refractivity contribution in [1.29, 1.82) is 0 Å². The van der Waals surface area contributed by atoms with Crippen molar-refractivity contribution in [3.63, 3.8) is 0 Å². The number of aliphatic hydroxyl groups is 1. The number of hydrogen-bond donors (Lipinski definition) is 2. The van der Waals surface area contributed by atoms with Crippen molar-refractivity contribution in [2.24, 2.45) is 5.92 Å². The van der Waals surface area contributed by atoms with Gasteiger partial charge in [-0.25, -0.2) is 0 Å². The standard InChI is InChI=1S/C14H28N2O2/c1-3-16(9-13-5-4-8-18-13)10-14(11-17,15-2)12-6-7-12/h12-13,15,17H,3-11H2,1-2H3. The van der Waals surface area contributed by atoms with Crippen molar-refractivity contribution < 1.29 is 9.84 Å². The lowest BCUT2D eigenvalue weighted by Gasteiger charge is -2.37. The first kappa shape index (κ1) is 14.3. The summed E-state index contributed by atoms with van der Waals surface area (Å²) >= 11 is 0. The Labute approximate surface area is 111 Å². The fourth-order valence-corrected chi connectivity index (χ4v) is 3.09. The lowest BCUT2D eigenvalue weighted by Crippen LogP contribution is -2.57. The van der Waals surface area contributed by atoms with Gasteiger partial charge in [-0.2, -0.15) is 0 Å². The van der Waals surface area contributed by atoms with E-state index in [2.05, 4.69) is 17.1 Å². The summed E-state index contributed by atoms with van der Waals surface area (Å²) in [6.45, 7) is 6.31. The smallest absolute Gasteiger partial charge is 0.0702 e. The molecule has 4 nitrogen and oxygen atoms in total. The van der Waals surface area contributed by atoms with E-state index < -0.39 is 0 Å². The molecule has 1 aliphatic heterocycles. The van der Waals surface area contributed by atoms with Gasteiger partial charge in [0.05, 0.1) is 18.2 Å². The van der Waals surface area contributed by atoms with Gasteiger partial charge >= 0.3 is 0 Å². The van der Waals surface area contributed by atoms with Crippen LogP contribution in [-0.4, -0.2) is 61.5 Å². The minimum absolute atomic E-state index is 0.103. The predicted molar refractivity (Wildman–Crippen MR) is 72.7 cm³/mol. The molecule has 0 radical (unpaired) electrons. The topological polar surface area (TPSA) is 44.7 Å². The van der Waals surface area contributed by atoms with Gasteiger partial charge < -0.3 is 15.2 Å². The highest BCUT2D eigenvalue weighted by molar-refractivity contribution is 5.02. The molecule has 2 atom stereocenters. The number of aliphatic hydroxyl groups excluding tert-OH is 1. The largest absolute Gasteiger partial charge is 0.394 e. The average molecular weight is 256 g/mol. The molecule has 0 aromatic heterocycles. The molecule has 2 unspecified atom stereocenters. The van der Waals surface area contributed by atoms with Crippen LogP contribution in [0.15, 0.2) is 0 Å². The van der Waals surface area contributed by atoms with E-state index in [1.165, 1.54) is 25.7 Å². The van der Waals surface area contributed by atoms with E-state index in [0.29, 0.717) is 12.0 Å².